The number of methoxy groups -OCH3 is 1. The third-order valence-electron chi connectivity index (χ3n) is 6.04. The second-order valence-electron chi connectivity index (χ2n) is 10.0. The summed E-state index contributed by atoms with van der Waals surface area (Å²) in [7, 11) is 1.31. The Morgan fingerprint density at radius 1 is 0.440 bits per heavy atom. The molecule has 0 aliphatic heterocycles. The van der Waals surface area contributed by atoms with Crippen LogP contribution in [0.25, 0.3) is 0 Å². The fraction of sp³-hybridized carbons (Fsp3) is 0.263. The molecule has 0 aromatic heterocycles. The van der Waals surface area contributed by atoms with Crippen LogP contribution in [0.15, 0.2) is 97.1 Å². The molecule has 0 saturated heterocycles. The molecule has 0 atom stereocenters. The van der Waals surface area contributed by atoms with Crippen LogP contribution in [0.2, 0.25) is 0 Å². The molecular weight excluding hydrogens is 648 g/mol. The van der Waals surface area contributed by atoms with E-state index in [1.165, 1.54) is 92.0 Å². The lowest BCUT2D eigenvalue weighted by atomic mass is 10.2. The number of ether oxygens (including phenoxy) is 4. The number of hydrogen-bond donors (Lipinski definition) is 4. The monoisotopic (exact) mass is 692 g/mol. The molecule has 4 rings (SSSR count). The van der Waals surface area contributed by atoms with Gasteiger partial charge in [-0.2, -0.15) is 0 Å². The Morgan fingerprint density at radius 2 is 0.740 bits per heavy atom. The van der Waals surface area contributed by atoms with Gasteiger partial charge in [0.05, 0.1) is 49.2 Å². The zero-order valence-electron chi connectivity index (χ0n) is 28.5. The molecular formula is C38H44O12. The third kappa shape index (κ3) is 17.2. The lowest BCUT2D eigenvalue weighted by Gasteiger charge is -2.03. The van der Waals surface area contributed by atoms with Crippen molar-refractivity contribution >= 4 is 23.9 Å². The first kappa shape index (κ1) is 42.0. The van der Waals surface area contributed by atoms with Crippen LogP contribution < -0.4 is 0 Å². The van der Waals surface area contributed by atoms with Gasteiger partial charge in [0.1, 0.15) is 23.0 Å². The first-order chi connectivity index (χ1) is 23.9. The number of phenols is 4. The molecule has 0 saturated carbocycles. The minimum Gasteiger partial charge on any atom is -0.508 e. The first-order valence-corrected chi connectivity index (χ1v) is 15.7. The predicted molar refractivity (Wildman–Crippen MR) is 185 cm³/mol. The van der Waals surface area contributed by atoms with Crippen LogP contribution in [-0.4, -0.2) is 71.2 Å². The molecule has 0 aliphatic rings. The molecule has 4 N–H and O–H groups in total. The fourth-order valence-corrected chi connectivity index (χ4v) is 3.39. The first-order valence-electron chi connectivity index (χ1n) is 15.7. The molecule has 0 aliphatic carbocycles. The highest BCUT2D eigenvalue weighted by atomic mass is 16.5. The molecule has 4 aromatic carbocycles. The predicted octanol–water partition coefficient (Wildman–Crippen LogP) is 7.06. The lowest BCUT2D eigenvalue weighted by Crippen LogP contribution is -2.05. The third-order valence-corrected chi connectivity index (χ3v) is 6.04. The largest absolute Gasteiger partial charge is 0.508 e. The van der Waals surface area contributed by atoms with E-state index in [2.05, 4.69) is 4.74 Å². The van der Waals surface area contributed by atoms with Gasteiger partial charge in [-0.1, -0.05) is 20.3 Å². The topological polar surface area (TPSA) is 186 Å². The number of aromatic hydroxyl groups is 4. The van der Waals surface area contributed by atoms with Crippen LogP contribution in [0.4, 0.5) is 0 Å². The summed E-state index contributed by atoms with van der Waals surface area (Å²) in [5, 5.41) is 35.7. The zero-order chi connectivity index (χ0) is 37.3. The standard InChI is InChI=1S/C11H14O3.C10H12O3.C9H10O3.C8H8O3/c1-2-3-8-14-11(13)9-4-6-10(12)7-5-9;1-2-7-13-10(12)8-3-5-9(11)6-4-8;1-2-12-9(11)7-3-5-8(10)6-4-7;1-11-8(10)6-2-4-7(9)5-3-6/h4-7,12H,2-3,8H2,1H3;3-6,11H,2,7H2,1H3;3-6,10H,2H2,1H3;2-5,9H,1H3. The number of unbranched alkanes of at least 4 members (excludes halogenated alkanes) is 1. The minimum atomic E-state index is -0.398. The molecule has 50 heavy (non-hydrogen) atoms. The van der Waals surface area contributed by atoms with Crippen molar-refractivity contribution in [3.05, 3.63) is 119 Å². The average Bonchev–Trinajstić information content (AvgIpc) is 3.12. The second kappa shape index (κ2) is 24.2. The van der Waals surface area contributed by atoms with E-state index in [0.29, 0.717) is 42.1 Å². The number of rotatable bonds is 10. The Morgan fingerprint density at radius 3 is 1.02 bits per heavy atom. The quantitative estimate of drug-likeness (QED) is 0.0755. The van der Waals surface area contributed by atoms with Crippen molar-refractivity contribution in [3.63, 3.8) is 0 Å². The van der Waals surface area contributed by atoms with Gasteiger partial charge >= 0.3 is 23.9 Å². The molecule has 0 amide bonds. The summed E-state index contributed by atoms with van der Waals surface area (Å²) in [4.78, 5) is 44.4. The molecule has 0 bridgehead atoms. The van der Waals surface area contributed by atoms with E-state index < -0.39 is 5.97 Å². The highest BCUT2D eigenvalue weighted by Crippen LogP contribution is 2.13. The van der Waals surface area contributed by atoms with E-state index in [1.807, 2.05) is 13.8 Å². The molecule has 4 aromatic rings. The van der Waals surface area contributed by atoms with Gasteiger partial charge in [0, 0.05) is 0 Å². The van der Waals surface area contributed by atoms with Gasteiger partial charge < -0.3 is 39.4 Å². The van der Waals surface area contributed by atoms with Gasteiger partial charge in [-0.3, -0.25) is 0 Å². The molecule has 12 heteroatoms. The van der Waals surface area contributed by atoms with Crippen molar-refractivity contribution < 1.29 is 58.6 Å². The van der Waals surface area contributed by atoms with Gasteiger partial charge in [0.25, 0.3) is 0 Å². The molecule has 0 unspecified atom stereocenters. The van der Waals surface area contributed by atoms with Crippen molar-refractivity contribution in [2.24, 2.45) is 0 Å². The molecule has 0 spiro atoms. The van der Waals surface area contributed by atoms with Crippen molar-refractivity contribution in [3.8, 4) is 23.0 Å². The van der Waals surface area contributed by atoms with Crippen LogP contribution in [0.3, 0.4) is 0 Å². The Kier molecular flexibility index (Phi) is 20.3. The average molecular weight is 693 g/mol. The van der Waals surface area contributed by atoms with E-state index in [9.17, 15) is 19.2 Å². The van der Waals surface area contributed by atoms with Gasteiger partial charge in [-0.25, -0.2) is 19.2 Å². The van der Waals surface area contributed by atoms with Crippen molar-refractivity contribution in [1.29, 1.82) is 0 Å². The smallest absolute Gasteiger partial charge is 0.338 e. The Labute approximate surface area is 291 Å². The summed E-state index contributed by atoms with van der Waals surface area (Å²) in [6, 6.07) is 23.8. The van der Waals surface area contributed by atoms with E-state index in [4.69, 9.17) is 34.6 Å². The second-order valence-corrected chi connectivity index (χ2v) is 10.0. The Hall–Kier alpha value is -6.04. The SMILES string of the molecule is CCCCOC(=O)c1ccc(O)cc1.CCCOC(=O)c1ccc(O)cc1.CCOC(=O)c1ccc(O)cc1.COC(=O)c1ccc(O)cc1. The van der Waals surface area contributed by atoms with Gasteiger partial charge in [0.2, 0.25) is 0 Å². The van der Waals surface area contributed by atoms with E-state index in [0.717, 1.165) is 19.3 Å². The number of benzene rings is 4. The summed E-state index contributed by atoms with van der Waals surface area (Å²) in [6.07, 6.45) is 2.69. The van der Waals surface area contributed by atoms with Crippen LogP contribution in [0, 0.1) is 0 Å². The van der Waals surface area contributed by atoms with E-state index in [-0.39, 0.29) is 40.9 Å². The van der Waals surface area contributed by atoms with Crippen LogP contribution in [0.1, 0.15) is 81.5 Å². The van der Waals surface area contributed by atoms with Crippen LogP contribution >= 0.6 is 0 Å². The molecule has 0 fully saturated rings. The Balaban J connectivity index is 0.000000335. The molecule has 0 heterocycles. The molecule has 268 valence electrons. The summed E-state index contributed by atoms with van der Waals surface area (Å²) in [5.41, 5.74) is 1.82. The number of carbonyl (C=O) groups is 4. The number of esters is 4. The Bertz CT molecular complexity index is 1560. The maximum absolute atomic E-state index is 11.3. The van der Waals surface area contributed by atoms with E-state index in [1.54, 1.807) is 19.1 Å². The zero-order valence-corrected chi connectivity index (χ0v) is 28.5. The highest BCUT2D eigenvalue weighted by Gasteiger charge is 2.07. The number of hydrogen-bond acceptors (Lipinski definition) is 12. The minimum absolute atomic E-state index is 0.137. The summed E-state index contributed by atoms with van der Waals surface area (Å²) in [5.74, 6) is -0.870. The van der Waals surface area contributed by atoms with Gasteiger partial charge in [-0.05, 0) is 117 Å². The van der Waals surface area contributed by atoms with Crippen molar-refractivity contribution in [1.82, 2.24) is 0 Å². The maximum Gasteiger partial charge on any atom is 0.338 e. The lowest BCUT2D eigenvalue weighted by molar-refractivity contribution is 0.0492. The number of carbonyl (C=O) groups excluding carboxylic acids is 4. The van der Waals surface area contributed by atoms with Crippen LogP contribution in [0.5, 0.6) is 23.0 Å². The summed E-state index contributed by atoms with van der Waals surface area (Å²) < 4.78 is 19.1. The molecule has 0 radical (unpaired) electrons. The normalized spacial score (nSPS) is 9.52. The van der Waals surface area contributed by atoms with Crippen molar-refractivity contribution in [2.45, 2.75) is 40.0 Å². The fourth-order valence-electron chi connectivity index (χ4n) is 3.39. The van der Waals surface area contributed by atoms with E-state index >= 15 is 0 Å². The molecule has 12 nitrogen and oxygen atoms in total. The summed E-state index contributed by atoms with van der Waals surface area (Å²) >= 11 is 0. The van der Waals surface area contributed by atoms with Crippen molar-refractivity contribution in [2.75, 3.05) is 26.9 Å². The maximum atomic E-state index is 11.3. The number of phenolic OH excluding ortho intramolecular Hbond substituents is 4. The van der Waals surface area contributed by atoms with Gasteiger partial charge in [-0.15, -0.1) is 0 Å². The summed E-state index contributed by atoms with van der Waals surface area (Å²) in [6.45, 7) is 6.96. The highest BCUT2D eigenvalue weighted by molar-refractivity contribution is 5.90. The van der Waals surface area contributed by atoms with Gasteiger partial charge in [0.15, 0.2) is 0 Å². The van der Waals surface area contributed by atoms with Crippen LogP contribution in [-0.2, 0) is 18.9 Å².